The van der Waals surface area contributed by atoms with Crippen LogP contribution in [0.25, 0.3) is 0 Å². The number of rotatable bonds is 3. The molecule has 0 saturated heterocycles. The van der Waals surface area contributed by atoms with E-state index in [4.69, 9.17) is 5.73 Å². The molecular weight excluding hydrogens is 330 g/mol. The van der Waals surface area contributed by atoms with Crippen LogP contribution in [0, 0.1) is 5.92 Å². The molecule has 0 aliphatic carbocycles. The summed E-state index contributed by atoms with van der Waals surface area (Å²) in [7, 11) is 0. The summed E-state index contributed by atoms with van der Waals surface area (Å²) in [5, 5.41) is 11.9. The van der Waals surface area contributed by atoms with Crippen LogP contribution in [-0.2, 0) is 0 Å². The number of nitrogens with two attached hydrogens (primary N) is 1. The fourth-order valence-corrected chi connectivity index (χ4v) is 3.34. The van der Waals surface area contributed by atoms with Crippen molar-refractivity contribution < 1.29 is 5.11 Å². The van der Waals surface area contributed by atoms with Crippen LogP contribution in [0.5, 0.6) is 0 Å². The minimum absolute atomic E-state index is 0.225. The first-order chi connectivity index (χ1) is 6.45. The molecule has 14 heavy (non-hydrogen) atoms. The first-order valence-corrected chi connectivity index (χ1v) is 6.77. The van der Waals surface area contributed by atoms with Gasteiger partial charge in [-0.1, -0.05) is 13.8 Å². The van der Waals surface area contributed by atoms with E-state index in [2.05, 4.69) is 31.9 Å². The number of hydrogen-bond donors (Lipinski definition) is 2. The second-order valence-electron chi connectivity index (χ2n) is 3.53. The largest absolute Gasteiger partial charge is 0.386 e. The molecule has 2 unspecified atom stereocenters. The Balaban J connectivity index is 2.89. The molecule has 0 bridgehead atoms. The molecule has 0 saturated carbocycles. The molecule has 0 aromatic carbocycles. The third-order valence-electron chi connectivity index (χ3n) is 2.12. The monoisotopic (exact) mass is 341 g/mol. The van der Waals surface area contributed by atoms with Gasteiger partial charge in [-0.25, -0.2) is 0 Å². The van der Waals surface area contributed by atoms with E-state index >= 15 is 0 Å². The highest BCUT2D eigenvalue weighted by molar-refractivity contribution is 9.13. The van der Waals surface area contributed by atoms with Crippen LogP contribution in [0.3, 0.4) is 0 Å². The number of hydrogen-bond acceptors (Lipinski definition) is 3. The molecule has 0 fully saturated rings. The lowest BCUT2D eigenvalue weighted by Crippen LogP contribution is -2.33. The molecule has 2 nitrogen and oxygen atoms in total. The van der Waals surface area contributed by atoms with Gasteiger partial charge >= 0.3 is 0 Å². The first-order valence-electron chi connectivity index (χ1n) is 4.31. The molecule has 0 radical (unpaired) electrons. The summed E-state index contributed by atoms with van der Waals surface area (Å²) in [6.07, 6.45) is -0.597. The van der Waals surface area contributed by atoms with Crippen molar-refractivity contribution in [1.29, 1.82) is 0 Å². The van der Waals surface area contributed by atoms with Crippen molar-refractivity contribution in [2.24, 2.45) is 11.7 Å². The van der Waals surface area contributed by atoms with Gasteiger partial charge in [-0.05, 0) is 37.8 Å². The number of aliphatic hydroxyl groups is 1. The van der Waals surface area contributed by atoms with Gasteiger partial charge < -0.3 is 10.8 Å². The molecule has 3 N–H and O–H groups in total. The Morgan fingerprint density at radius 1 is 1.43 bits per heavy atom. The molecular formula is C9H13Br2NOS. The Hall–Kier alpha value is 0.580. The fraction of sp³-hybridized carbons (Fsp3) is 0.556. The second-order valence-corrected chi connectivity index (χ2v) is 6.09. The minimum atomic E-state index is -0.597. The van der Waals surface area contributed by atoms with E-state index in [1.54, 1.807) is 0 Å². The number of thiophene rings is 1. The molecule has 0 spiro atoms. The van der Waals surface area contributed by atoms with Gasteiger partial charge in [0.1, 0.15) is 6.10 Å². The summed E-state index contributed by atoms with van der Waals surface area (Å²) in [6, 6.07) is -0.225. The van der Waals surface area contributed by atoms with E-state index in [-0.39, 0.29) is 12.0 Å². The summed E-state index contributed by atoms with van der Waals surface area (Å²) < 4.78 is 1.87. The lowest BCUT2D eigenvalue weighted by molar-refractivity contribution is 0.128. The van der Waals surface area contributed by atoms with Crippen molar-refractivity contribution in [3.63, 3.8) is 0 Å². The van der Waals surface area contributed by atoms with E-state index in [9.17, 15) is 5.11 Å². The third kappa shape index (κ3) is 2.58. The Labute approximate surface area is 105 Å². The lowest BCUT2D eigenvalue weighted by atomic mass is 9.99. The molecule has 80 valence electrons. The van der Waals surface area contributed by atoms with Gasteiger partial charge in [-0.3, -0.25) is 0 Å². The van der Waals surface area contributed by atoms with Crippen LogP contribution in [0.15, 0.2) is 14.3 Å². The predicted molar refractivity (Wildman–Crippen MR) is 67.5 cm³/mol. The second kappa shape index (κ2) is 5.07. The molecule has 0 amide bonds. The molecule has 0 aliphatic rings. The fourth-order valence-electron chi connectivity index (χ4n) is 1.08. The van der Waals surface area contributed by atoms with Gasteiger partial charge in [0.05, 0.1) is 4.88 Å². The predicted octanol–water partition coefficient (Wildman–Crippen LogP) is 3.29. The van der Waals surface area contributed by atoms with Crippen LogP contribution in [0.2, 0.25) is 0 Å². The summed E-state index contributed by atoms with van der Waals surface area (Å²) >= 11 is 8.30. The third-order valence-corrected chi connectivity index (χ3v) is 5.75. The van der Waals surface area contributed by atoms with E-state index in [1.165, 1.54) is 11.3 Å². The van der Waals surface area contributed by atoms with Crippen molar-refractivity contribution in [2.75, 3.05) is 0 Å². The number of halogens is 2. The average molecular weight is 343 g/mol. The first kappa shape index (κ1) is 12.6. The van der Waals surface area contributed by atoms with E-state index in [0.29, 0.717) is 0 Å². The SMILES string of the molecule is CC(C)C(N)C(O)c1scc(Br)c1Br. The highest BCUT2D eigenvalue weighted by atomic mass is 79.9. The van der Waals surface area contributed by atoms with Gasteiger partial charge in [-0.15, -0.1) is 11.3 Å². The standard InChI is InChI=1S/C9H13Br2NOS/c1-4(2)7(12)8(13)9-6(11)5(10)3-14-9/h3-4,7-8,13H,12H2,1-2H3. The molecule has 1 rings (SSSR count). The molecule has 2 atom stereocenters. The maximum atomic E-state index is 9.99. The zero-order valence-electron chi connectivity index (χ0n) is 8.00. The maximum Gasteiger partial charge on any atom is 0.105 e. The van der Waals surface area contributed by atoms with Gasteiger partial charge in [0.2, 0.25) is 0 Å². The summed E-state index contributed by atoms with van der Waals surface area (Å²) in [4.78, 5) is 0.887. The lowest BCUT2D eigenvalue weighted by Gasteiger charge is -2.21. The number of aliphatic hydroxyl groups excluding tert-OH is 1. The van der Waals surface area contributed by atoms with Gasteiger partial charge in [0.25, 0.3) is 0 Å². The Morgan fingerprint density at radius 3 is 2.36 bits per heavy atom. The summed E-state index contributed by atoms with van der Waals surface area (Å²) in [5.74, 6) is 0.262. The van der Waals surface area contributed by atoms with Gasteiger partial charge in [0, 0.05) is 20.4 Å². The Kier molecular flexibility index (Phi) is 4.58. The van der Waals surface area contributed by atoms with E-state index < -0.39 is 6.10 Å². The molecule has 5 heteroatoms. The van der Waals surface area contributed by atoms with Crippen LogP contribution >= 0.6 is 43.2 Å². The maximum absolute atomic E-state index is 9.99. The summed E-state index contributed by atoms with van der Waals surface area (Å²) in [6.45, 7) is 4.01. The molecule has 1 aromatic rings. The van der Waals surface area contributed by atoms with Crippen LogP contribution in [-0.4, -0.2) is 11.1 Å². The van der Waals surface area contributed by atoms with Crippen molar-refractivity contribution >= 4 is 43.2 Å². The van der Waals surface area contributed by atoms with Crippen LogP contribution in [0.1, 0.15) is 24.8 Å². The van der Waals surface area contributed by atoms with Crippen LogP contribution < -0.4 is 5.73 Å². The van der Waals surface area contributed by atoms with Gasteiger partial charge in [0.15, 0.2) is 0 Å². The van der Waals surface area contributed by atoms with E-state index in [1.807, 2.05) is 19.2 Å². The minimum Gasteiger partial charge on any atom is -0.386 e. The molecule has 1 heterocycles. The highest BCUT2D eigenvalue weighted by Crippen LogP contribution is 2.38. The summed E-state index contributed by atoms with van der Waals surface area (Å²) in [5.41, 5.74) is 5.89. The van der Waals surface area contributed by atoms with Crippen molar-refractivity contribution in [3.8, 4) is 0 Å². The van der Waals surface area contributed by atoms with Crippen molar-refractivity contribution in [3.05, 3.63) is 19.2 Å². The van der Waals surface area contributed by atoms with Gasteiger partial charge in [-0.2, -0.15) is 0 Å². The molecule has 0 aliphatic heterocycles. The topological polar surface area (TPSA) is 46.2 Å². The zero-order chi connectivity index (χ0) is 10.9. The average Bonchev–Trinajstić information content (AvgIpc) is 2.45. The normalized spacial score (nSPS) is 15.9. The zero-order valence-corrected chi connectivity index (χ0v) is 12.0. The quantitative estimate of drug-likeness (QED) is 0.885. The van der Waals surface area contributed by atoms with Crippen LogP contribution in [0.4, 0.5) is 0 Å². The Morgan fingerprint density at radius 2 is 2.00 bits per heavy atom. The Bertz CT molecular complexity index is 314. The smallest absolute Gasteiger partial charge is 0.105 e. The highest BCUT2D eigenvalue weighted by Gasteiger charge is 2.24. The van der Waals surface area contributed by atoms with Crippen molar-refractivity contribution in [2.45, 2.75) is 26.0 Å². The molecule has 1 aromatic heterocycles. The van der Waals surface area contributed by atoms with Crippen molar-refractivity contribution in [1.82, 2.24) is 0 Å². The van der Waals surface area contributed by atoms with E-state index in [0.717, 1.165) is 13.8 Å².